The number of ether oxygens (including phenoxy) is 2. The number of hydrogen-bond donors (Lipinski definition) is 3. The van der Waals surface area contributed by atoms with Gasteiger partial charge in [-0.3, -0.25) is 19.3 Å². The van der Waals surface area contributed by atoms with Gasteiger partial charge in [0.1, 0.15) is 29.1 Å². The Morgan fingerprint density at radius 3 is 2.06 bits per heavy atom. The number of hydrogen-bond acceptors (Lipinski definition) is 8. The van der Waals surface area contributed by atoms with E-state index in [4.69, 9.17) is 9.47 Å². The molecule has 65 heavy (non-hydrogen) atoms. The van der Waals surface area contributed by atoms with E-state index in [9.17, 15) is 9.90 Å². The van der Waals surface area contributed by atoms with Crippen LogP contribution in [0.5, 0.6) is 11.5 Å². The number of rotatable bonds is 9. The van der Waals surface area contributed by atoms with E-state index < -0.39 is 65.4 Å². The smallest absolute Gasteiger partial charge is 0.329 e. The lowest BCUT2D eigenvalue weighted by Gasteiger charge is -2.46. The van der Waals surface area contributed by atoms with Gasteiger partial charge in [-0.15, -0.1) is 6.58 Å². The summed E-state index contributed by atoms with van der Waals surface area (Å²) in [6, 6.07) is 42.7. The Morgan fingerprint density at radius 1 is 0.800 bits per heavy atom. The van der Waals surface area contributed by atoms with Gasteiger partial charge in [0.2, 0.25) is 11.8 Å². The summed E-state index contributed by atoms with van der Waals surface area (Å²) in [6.07, 6.45) is 0.631. The van der Waals surface area contributed by atoms with Crippen molar-refractivity contribution in [3.63, 3.8) is 0 Å². The zero-order chi connectivity index (χ0) is 45.2. The molecule has 0 unspecified atom stereocenters. The molecule has 0 saturated carbocycles. The first-order valence-corrected chi connectivity index (χ1v) is 21.4. The van der Waals surface area contributed by atoms with Crippen molar-refractivity contribution < 1.29 is 33.8 Å². The molecule has 324 valence electrons. The molecule has 7 atom stereocenters. The van der Waals surface area contributed by atoms with Gasteiger partial charge in [-0.1, -0.05) is 121 Å². The number of carbonyl (C=O) groups excluding carboxylic acids is 4. The molecule has 0 aliphatic carbocycles. The fourth-order valence-corrected chi connectivity index (χ4v) is 9.82. The van der Waals surface area contributed by atoms with Crippen LogP contribution in [-0.2, 0) is 24.5 Å². The van der Waals surface area contributed by atoms with E-state index in [0.717, 1.165) is 16.0 Å². The van der Waals surface area contributed by atoms with Crippen LogP contribution < -0.4 is 20.3 Å². The van der Waals surface area contributed by atoms with Crippen LogP contribution in [0.1, 0.15) is 70.1 Å². The predicted octanol–water partition coefficient (Wildman–Crippen LogP) is 8.24. The van der Waals surface area contributed by atoms with Crippen LogP contribution >= 0.6 is 0 Å². The molecule has 3 aliphatic rings. The summed E-state index contributed by atoms with van der Waals surface area (Å²) in [4.78, 5) is 64.8. The van der Waals surface area contributed by atoms with Gasteiger partial charge in [-0.2, -0.15) is 0 Å². The van der Waals surface area contributed by atoms with Crippen LogP contribution in [0.3, 0.4) is 0 Å². The monoisotopic (exact) mass is 862 g/mol. The molecule has 3 heterocycles. The van der Waals surface area contributed by atoms with E-state index in [1.54, 1.807) is 37.4 Å². The van der Waals surface area contributed by atoms with Crippen LogP contribution in [0, 0.1) is 17.8 Å². The molecule has 1 spiro atoms. The molecule has 3 N–H and O–H groups in total. The van der Waals surface area contributed by atoms with E-state index >= 15 is 14.4 Å². The van der Waals surface area contributed by atoms with Crippen molar-refractivity contribution in [3.05, 3.63) is 209 Å². The van der Waals surface area contributed by atoms with Crippen molar-refractivity contribution in [3.8, 4) is 23.3 Å². The number of nitrogens with zero attached hydrogens (tertiary/aromatic N) is 2. The Labute approximate surface area is 377 Å². The van der Waals surface area contributed by atoms with Crippen molar-refractivity contribution in [2.45, 2.75) is 42.6 Å². The number of fused-ring (bicyclic) bond motifs is 3. The van der Waals surface area contributed by atoms with Crippen LogP contribution in [0.25, 0.3) is 0 Å². The van der Waals surface area contributed by atoms with Crippen molar-refractivity contribution in [1.82, 2.24) is 15.5 Å². The SMILES string of the molecule is C=CCNC(=O)[C@H]1[C@@H]2C(=O)O[C@@H](c3ccccc3)[C@@H](c3ccccc3)N2[C@@H](c2ccc(O)cc2)[C@]12C(=O)N(C(=O)N[C@H](C)c1ccccc1)c1ccc(C#Cc3ccc(OC)cc3)cc12. The zero-order valence-corrected chi connectivity index (χ0v) is 35.8. The number of morpholine rings is 1. The lowest BCUT2D eigenvalue weighted by molar-refractivity contribution is -0.178. The number of aromatic hydroxyl groups is 1. The van der Waals surface area contributed by atoms with E-state index in [-0.39, 0.29) is 18.0 Å². The lowest BCUT2D eigenvalue weighted by atomic mass is 9.65. The van der Waals surface area contributed by atoms with Gasteiger partial charge in [0.25, 0.3) is 0 Å². The molecule has 2 saturated heterocycles. The molecule has 6 aromatic carbocycles. The first-order chi connectivity index (χ1) is 31.6. The molecule has 6 aromatic rings. The van der Waals surface area contributed by atoms with Crippen molar-refractivity contribution >= 4 is 29.5 Å². The summed E-state index contributed by atoms with van der Waals surface area (Å²) in [5.74, 6) is 3.59. The molecular weight excluding hydrogens is 817 g/mol. The quantitative estimate of drug-likeness (QED) is 0.0752. The van der Waals surface area contributed by atoms with Crippen molar-refractivity contribution in [1.29, 1.82) is 0 Å². The topological polar surface area (TPSA) is 138 Å². The molecule has 11 heteroatoms. The van der Waals surface area contributed by atoms with Gasteiger partial charge < -0.3 is 25.2 Å². The maximum Gasteiger partial charge on any atom is 0.329 e. The number of phenols is 1. The van der Waals surface area contributed by atoms with E-state index in [2.05, 4.69) is 29.1 Å². The van der Waals surface area contributed by atoms with Gasteiger partial charge in [-0.25, -0.2) is 9.69 Å². The second-order valence-electron chi connectivity index (χ2n) is 16.3. The van der Waals surface area contributed by atoms with Gasteiger partial charge in [0, 0.05) is 17.7 Å². The summed E-state index contributed by atoms with van der Waals surface area (Å²) in [5.41, 5.74) is 2.58. The number of carbonyl (C=O) groups is 4. The highest BCUT2D eigenvalue weighted by Gasteiger charge is 2.75. The van der Waals surface area contributed by atoms with E-state index in [1.807, 2.05) is 127 Å². The van der Waals surface area contributed by atoms with Gasteiger partial charge in [0.15, 0.2) is 0 Å². The highest BCUT2D eigenvalue weighted by molar-refractivity contribution is 6.24. The molecular formula is C54H46N4O7. The highest BCUT2D eigenvalue weighted by Crippen LogP contribution is 2.66. The first-order valence-electron chi connectivity index (χ1n) is 21.4. The van der Waals surface area contributed by atoms with Crippen LogP contribution in [0.2, 0.25) is 0 Å². The lowest BCUT2D eigenvalue weighted by Crippen LogP contribution is -2.56. The number of anilines is 1. The third kappa shape index (κ3) is 7.47. The van der Waals surface area contributed by atoms with E-state index in [0.29, 0.717) is 33.6 Å². The minimum atomic E-state index is -1.98. The van der Waals surface area contributed by atoms with E-state index in [1.165, 1.54) is 18.2 Å². The second-order valence-corrected chi connectivity index (χ2v) is 16.3. The maximum atomic E-state index is 16.4. The third-order valence-electron chi connectivity index (χ3n) is 12.7. The second kappa shape index (κ2) is 17.7. The number of urea groups is 1. The number of esters is 1. The Bertz CT molecular complexity index is 2830. The molecule has 4 amide bonds. The third-order valence-corrected chi connectivity index (χ3v) is 12.7. The number of amides is 4. The number of methoxy groups -OCH3 is 1. The molecule has 0 bridgehead atoms. The minimum Gasteiger partial charge on any atom is -0.508 e. The number of cyclic esters (lactones) is 1. The first kappa shape index (κ1) is 42.4. The molecule has 3 aliphatic heterocycles. The average molecular weight is 863 g/mol. The predicted molar refractivity (Wildman–Crippen MR) is 246 cm³/mol. The van der Waals surface area contributed by atoms with Crippen LogP contribution in [-0.4, -0.2) is 53.5 Å². The summed E-state index contributed by atoms with van der Waals surface area (Å²) in [6.45, 7) is 5.68. The molecule has 0 aromatic heterocycles. The van der Waals surface area contributed by atoms with Gasteiger partial charge in [0.05, 0.1) is 36.8 Å². The fourth-order valence-electron chi connectivity index (χ4n) is 9.82. The summed E-state index contributed by atoms with van der Waals surface area (Å²) in [7, 11) is 1.59. The largest absolute Gasteiger partial charge is 0.508 e. The normalized spacial score (nSPS) is 22.4. The van der Waals surface area contributed by atoms with Gasteiger partial charge >= 0.3 is 12.0 Å². The minimum absolute atomic E-state index is 0.0254. The fraction of sp³-hybridized carbons (Fsp3) is 0.185. The van der Waals surface area contributed by atoms with Crippen LogP contribution in [0.4, 0.5) is 10.5 Å². The zero-order valence-electron chi connectivity index (χ0n) is 35.8. The average Bonchev–Trinajstić information content (AvgIpc) is 3.80. The number of nitrogens with one attached hydrogen (secondary N) is 2. The molecule has 0 radical (unpaired) electrons. The number of benzene rings is 6. The Balaban J connectivity index is 1.33. The highest BCUT2D eigenvalue weighted by atomic mass is 16.6. The molecule has 11 nitrogen and oxygen atoms in total. The number of imide groups is 1. The van der Waals surface area contributed by atoms with Gasteiger partial charge in [-0.05, 0) is 89.3 Å². The Kier molecular flexibility index (Phi) is 11.5. The summed E-state index contributed by atoms with van der Waals surface area (Å²) >= 11 is 0. The molecule has 9 rings (SSSR count). The van der Waals surface area contributed by atoms with Crippen molar-refractivity contribution in [2.75, 3.05) is 18.6 Å². The van der Waals surface area contributed by atoms with Crippen LogP contribution in [0.15, 0.2) is 170 Å². The summed E-state index contributed by atoms with van der Waals surface area (Å²) in [5, 5.41) is 16.7. The Hall–Kier alpha value is -7.94. The maximum absolute atomic E-state index is 16.4. The van der Waals surface area contributed by atoms with Crippen molar-refractivity contribution in [2.24, 2.45) is 5.92 Å². The number of phenolic OH excluding ortho intramolecular Hbond substituents is 1. The standard InChI is InChI=1S/C54H46N4O7/c1-4-32-55-50(60)45-47-51(61)65-48(39-18-12-7-13-19-39)46(38-16-10-6-11-17-38)58(47)49(40-25-27-41(59)28-26-40)54(45)43-33-36(21-20-35-22-29-42(64-3)30-23-35)24-31-44(43)57(52(54)62)53(63)56-34(2)37-14-8-5-9-15-37/h4-19,22-31,33-34,45-49,59H,1,32H2,2-3H3,(H,55,60)(H,56,63)/t34-,45-,46-,47-,48+,49+,54-/m1/s1. The molecule has 2 fully saturated rings. The Morgan fingerprint density at radius 2 is 1.42 bits per heavy atom. The summed E-state index contributed by atoms with van der Waals surface area (Å²) < 4.78 is 11.9.